The maximum atomic E-state index is 10.5. The lowest BCUT2D eigenvalue weighted by Gasteiger charge is -2.12. The van der Waals surface area contributed by atoms with Crippen LogP contribution in [0.5, 0.6) is 0 Å². The Morgan fingerprint density at radius 1 is 1.57 bits per heavy atom. The number of rotatable bonds is 6. The van der Waals surface area contributed by atoms with Crippen LogP contribution in [0.3, 0.4) is 0 Å². The molecule has 0 aliphatic heterocycles. The normalized spacial score (nSPS) is 10.9. The lowest BCUT2D eigenvalue weighted by molar-refractivity contribution is 0.150. The molecule has 0 amide bonds. The predicted octanol–water partition coefficient (Wildman–Crippen LogP) is 4.02. The highest BCUT2D eigenvalue weighted by atomic mass is 31.0. The molecule has 2 unspecified atom stereocenters. The largest absolute Gasteiger partial charge is 0.463 e. The standard InChI is InChI=1S/C9H17O2P.C2H6/c1-3-5-8(6-4-2)7-11-9(10)12;1-2/h3,8H,1,4-7,12H2,2H3;1-2H3. The van der Waals surface area contributed by atoms with Crippen molar-refractivity contribution in [3.8, 4) is 0 Å². The van der Waals surface area contributed by atoms with Crippen LogP contribution in [-0.4, -0.2) is 12.3 Å². The van der Waals surface area contributed by atoms with Gasteiger partial charge in [-0.15, -0.1) is 6.58 Å². The zero-order valence-corrected chi connectivity index (χ0v) is 10.7. The lowest BCUT2D eigenvalue weighted by Crippen LogP contribution is -2.09. The summed E-state index contributed by atoms with van der Waals surface area (Å²) in [6.45, 7) is 10.3. The first-order valence-electron chi connectivity index (χ1n) is 5.23. The summed E-state index contributed by atoms with van der Waals surface area (Å²) >= 11 is 0. The molecule has 0 heterocycles. The van der Waals surface area contributed by atoms with Crippen LogP contribution in [0.25, 0.3) is 0 Å². The molecule has 0 bridgehead atoms. The molecule has 0 fully saturated rings. The highest BCUT2D eigenvalue weighted by Crippen LogP contribution is 2.12. The van der Waals surface area contributed by atoms with Crippen molar-refractivity contribution in [1.82, 2.24) is 0 Å². The van der Waals surface area contributed by atoms with Gasteiger partial charge in [-0.25, -0.2) is 4.79 Å². The third kappa shape index (κ3) is 11.6. The highest BCUT2D eigenvalue weighted by molar-refractivity contribution is 7.39. The van der Waals surface area contributed by atoms with Gasteiger partial charge in [0.2, 0.25) is 0 Å². The maximum absolute atomic E-state index is 10.5. The maximum Gasteiger partial charge on any atom is 0.319 e. The van der Waals surface area contributed by atoms with E-state index >= 15 is 0 Å². The second-order valence-corrected chi connectivity index (χ2v) is 3.28. The Bertz CT molecular complexity index is 146. The number of carbonyl (C=O) groups excluding carboxylic acids is 1. The summed E-state index contributed by atoms with van der Waals surface area (Å²) in [5.74, 6) is 0.442. The van der Waals surface area contributed by atoms with Gasteiger partial charge in [-0.3, -0.25) is 0 Å². The fraction of sp³-hybridized carbons (Fsp3) is 0.727. The second kappa shape index (κ2) is 12.6. The van der Waals surface area contributed by atoms with Crippen molar-refractivity contribution in [2.24, 2.45) is 5.92 Å². The molecule has 84 valence electrons. The van der Waals surface area contributed by atoms with Crippen molar-refractivity contribution in [2.75, 3.05) is 6.61 Å². The van der Waals surface area contributed by atoms with Crippen LogP contribution >= 0.6 is 9.24 Å². The van der Waals surface area contributed by atoms with Crippen LogP contribution in [0, 0.1) is 5.92 Å². The van der Waals surface area contributed by atoms with Crippen molar-refractivity contribution in [3.63, 3.8) is 0 Å². The minimum atomic E-state index is -0.278. The average molecular weight is 218 g/mol. The molecule has 2 atom stereocenters. The molecule has 0 aromatic heterocycles. The molecule has 0 aliphatic carbocycles. The summed E-state index contributed by atoms with van der Waals surface area (Å²) in [7, 11) is 2.01. The van der Waals surface area contributed by atoms with Crippen LogP contribution in [0.15, 0.2) is 12.7 Å². The van der Waals surface area contributed by atoms with Crippen molar-refractivity contribution in [2.45, 2.75) is 40.0 Å². The third-order valence-corrected chi connectivity index (χ3v) is 1.82. The quantitative estimate of drug-likeness (QED) is 0.497. The number of allylic oxidation sites excluding steroid dienone is 1. The molecule has 0 saturated carbocycles. The van der Waals surface area contributed by atoms with E-state index in [9.17, 15) is 4.79 Å². The van der Waals surface area contributed by atoms with Crippen LogP contribution in [-0.2, 0) is 4.74 Å². The minimum absolute atomic E-state index is 0.278. The van der Waals surface area contributed by atoms with Gasteiger partial charge in [-0.05, 0) is 28.0 Å². The van der Waals surface area contributed by atoms with Crippen molar-refractivity contribution in [3.05, 3.63) is 12.7 Å². The van der Waals surface area contributed by atoms with E-state index in [0.717, 1.165) is 19.3 Å². The fourth-order valence-electron chi connectivity index (χ4n) is 1.11. The second-order valence-electron chi connectivity index (χ2n) is 2.81. The summed E-state index contributed by atoms with van der Waals surface area (Å²) in [6.07, 6.45) is 5.00. The Balaban J connectivity index is 0. The van der Waals surface area contributed by atoms with Crippen molar-refractivity contribution >= 4 is 15.0 Å². The Morgan fingerprint density at radius 3 is 2.50 bits per heavy atom. The summed E-state index contributed by atoms with van der Waals surface area (Å²) < 4.78 is 4.89. The number of ether oxygens (including phenoxy) is 1. The lowest BCUT2D eigenvalue weighted by atomic mass is 10.0. The van der Waals surface area contributed by atoms with E-state index in [1.165, 1.54) is 0 Å². The van der Waals surface area contributed by atoms with Crippen LogP contribution in [0.1, 0.15) is 40.0 Å². The zero-order chi connectivity index (χ0) is 11.4. The monoisotopic (exact) mass is 218 g/mol. The van der Waals surface area contributed by atoms with Gasteiger partial charge in [0, 0.05) is 0 Å². The Hall–Kier alpha value is -0.360. The molecule has 0 aliphatic rings. The van der Waals surface area contributed by atoms with E-state index in [2.05, 4.69) is 13.5 Å². The van der Waals surface area contributed by atoms with Crippen LogP contribution < -0.4 is 0 Å². The molecule has 0 N–H and O–H groups in total. The van der Waals surface area contributed by atoms with E-state index in [-0.39, 0.29) is 5.71 Å². The van der Waals surface area contributed by atoms with Crippen LogP contribution in [0.2, 0.25) is 0 Å². The van der Waals surface area contributed by atoms with Crippen LogP contribution in [0.4, 0.5) is 4.79 Å². The number of hydrogen-bond donors (Lipinski definition) is 0. The van der Waals surface area contributed by atoms with Gasteiger partial charge in [0.05, 0.1) is 6.61 Å². The van der Waals surface area contributed by atoms with Crippen molar-refractivity contribution in [1.29, 1.82) is 0 Å². The SMILES string of the molecule is C=CCC(CCC)COC(=O)P.CC. The van der Waals surface area contributed by atoms with Crippen molar-refractivity contribution < 1.29 is 9.53 Å². The average Bonchev–Trinajstić information content (AvgIpc) is 2.18. The van der Waals surface area contributed by atoms with E-state index in [4.69, 9.17) is 4.74 Å². The van der Waals surface area contributed by atoms with Gasteiger partial charge in [-0.2, -0.15) is 0 Å². The molecule has 0 rings (SSSR count). The Morgan fingerprint density at radius 2 is 2.14 bits per heavy atom. The highest BCUT2D eigenvalue weighted by Gasteiger charge is 2.06. The van der Waals surface area contributed by atoms with Gasteiger partial charge in [-0.1, -0.05) is 33.3 Å². The van der Waals surface area contributed by atoms with Gasteiger partial charge in [0.15, 0.2) is 0 Å². The molecule has 0 aromatic carbocycles. The molecule has 0 spiro atoms. The first kappa shape index (κ1) is 16.1. The smallest absolute Gasteiger partial charge is 0.319 e. The zero-order valence-electron chi connectivity index (χ0n) is 9.58. The molecular formula is C11H23O2P. The molecule has 2 nitrogen and oxygen atoms in total. The molecule has 0 radical (unpaired) electrons. The Kier molecular flexibility index (Phi) is 14.5. The first-order chi connectivity index (χ1) is 6.70. The fourth-order valence-corrected chi connectivity index (χ4v) is 1.21. The van der Waals surface area contributed by atoms with E-state index < -0.39 is 0 Å². The minimum Gasteiger partial charge on any atom is -0.463 e. The van der Waals surface area contributed by atoms with E-state index in [1.54, 1.807) is 0 Å². The first-order valence-corrected chi connectivity index (χ1v) is 5.81. The summed E-state index contributed by atoms with van der Waals surface area (Å²) in [5.41, 5.74) is -0.278. The summed E-state index contributed by atoms with van der Waals surface area (Å²) in [4.78, 5) is 10.5. The predicted molar refractivity (Wildman–Crippen MR) is 65.6 cm³/mol. The van der Waals surface area contributed by atoms with Gasteiger partial charge in [0.25, 0.3) is 0 Å². The molecule has 0 saturated heterocycles. The van der Waals surface area contributed by atoms with E-state index in [0.29, 0.717) is 12.5 Å². The van der Waals surface area contributed by atoms with Gasteiger partial charge < -0.3 is 4.74 Å². The van der Waals surface area contributed by atoms with E-state index in [1.807, 2.05) is 29.2 Å². The molecular weight excluding hydrogens is 195 g/mol. The third-order valence-electron chi connectivity index (χ3n) is 1.66. The molecule has 0 aromatic rings. The topological polar surface area (TPSA) is 26.3 Å². The van der Waals surface area contributed by atoms with Gasteiger partial charge in [0.1, 0.15) is 0 Å². The summed E-state index contributed by atoms with van der Waals surface area (Å²) in [6, 6.07) is 0. The summed E-state index contributed by atoms with van der Waals surface area (Å²) in [5, 5.41) is 0. The molecule has 3 heteroatoms. The Labute approximate surface area is 90.3 Å². The molecule has 14 heavy (non-hydrogen) atoms. The number of hydrogen-bond acceptors (Lipinski definition) is 2. The number of carbonyl (C=O) groups is 1. The van der Waals surface area contributed by atoms with Gasteiger partial charge >= 0.3 is 5.71 Å².